The lowest BCUT2D eigenvalue weighted by Gasteiger charge is -2.38. The third-order valence-electron chi connectivity index (χ3n) is 3.03. The van der Waals surface area contributed by atoms with Crippen LogP contribution in [-0.2, 0) is 9.53 Å². The first kappa shape index (κ1) is 7.99. The lowest BCUT2D eigenvalue weighted by molar-refractivity contribution is -0.154. The summed E-state index contributed by atoms with van der Waals surface area (Å²) in [6.45, 7) is 5.87. The molecule has 2 bridgehead atoms. The number of hydrogen-bond donors (Lipinski definition) is 0. The van der Waals surface area contributed by atoms with Crippen LogP contribution in [0.2, 0.25) is 0 Å². The highest BCUT2D eigenvalue weighted by Crippen LogP contribution is 2.40. The van der Waals surface area contributed by atoms with Crippen molar-refractivity contribution in [3.8, 4) is 0 Å². The molecule has 3 atom stereocenters. The minimum Gasteiger partial charge on any atom is -0.365 e. The number of ether oxygens (including phenoxy) is 1. The van der Waals surface area contributed by atoms with Crippen molar-refractivity contribution in [2.24, 2.45) is 11.3 Å². The van der Waals surface area contributed by atoms with Gasteiger partial charge in [0.15, 0.2) is 0 Å². The second kappa shape index (κ2) is 2.19. The molecule has 0 N–H and O–H groups in total. The summed E-state index contributed by atoms with van der Waals surface area (Å²) in [5.74, 6) is 0.351. The first-order valence-corrected chi connectivity index (χ1v) is 4.41. The molecule has 0 aromatic carbocycles. The molecule has 0 saturated carbocycles. The Labute approximate surface area is 72.6 Å². The molecule has 1 fully saturated rings. The van der Waals surface area contributed by atoms with Crippen molar-refractivity contribution in [3.05, 3.63) is 12.2 Å². The first-order valence-electron chi connectivity index (χ1n) is 4.41. The fourth-order valence-corrected chi connectivity index (χ4v) is 2.04. The summed E-state index contributed by atoms with van der Waals surface area (Å²) in [6, 6.07) is 0. The van der Waals surface area contributed by atoms with Crippen LogP contribution in [0.4, 0.5) is 0 Å². The largest absolute Gasteiger partial charge is 0.365 e. The van der Waals surface area contributed by atoms with E-state index in [0.717, 1.165) is 0 Å². The molecule has 2 aliphatic heterocycles. The van der Waals surface area contributed by atoms with Gasteiger partial charge in [-0.2, -0.15) is 0 Å². The minimum absolute atomic E-state index is 0.00574. The number of hydrogen-bond acceptors (Lipinski definition) is 2. The summed E-state index contributed by atoms with van der Waals surface area (Å²) in [7, 11) is 0. The Morgan fingerprint density at radius 3 is 2.75 bits per heavy atom. The fourth-order valence-electron chi connectivity index (χ4n) is 2.04. The SMILES string of the molecule is C[C@@H]1C(=O)C(C)(C)[C@H]2C=C[C@@H]1O2. The number of ketones is 1. The molecule has 12 heavy (non-hydrogen) atoms. The van der Waals surface area contributed by atoms with E-state index in [0.29, 0.717) is 5.78 Å². The minimum atomic E-state index is -0.330. The van der Waals surface area contributed by atoms with Crippen molar-refractivity contribution in [3.63, 3.8) is 0 Å². The predicted octanol–water partition coefficient (Wildman–Crippen LogP) is 1.55. The Bertz CT molecular complexity index is 253. The van der Waals surface area contributed by atoms with Gasteiger partial charge >= 0.3 is 0 Å². The normalized spacial score (nSPS) is 43.6. The van der Waals surface area contributed by atoms with Crippen molar-refractivity contribution in [2.75, 3.05) is 0 Å². The van der Waals surface area contributed by atoms with Crippen LogP contribution < -0.4 is 0 Å². The van der Waals surface area contributed by atoms with E-state index in [1.165, 1.54) is 0 Å². The fraction of sp³-hybridized carbons (Fsp3) is 0.700. The van der Waals surface area contributed by atoms with E-state index in [2.05, 4.69) is 0 Å². The highest BCUT2D eigenvalue weighted by molar-refractivity contribution is 5.89. The second-order valence-electron chi connectivity index (χ2n) is 4.28. The highest BCUT2D eigenvalue weighted by atomic mass is 16.5. The van der Waals surface area contributed by atoms with E-state index in [4.69, 9.17) is 4.74 Å². The molecule has 0 aliphatic carbocycles. The number of fused-ring (bicyclic) bond motifs is 2. The molecule has 0 amide bonds. The van der Waals surface area contributed by atoms with Gasteiger partial charge in [0, 0.05) is 5.92 Å². The Morgan fingerprint density at radius 1 is 1.42 bits per heavy atom. The first-order chi connectivity index (χ1) is 5.53. The van der Waals surface area contributed by atoms with Crippen molar-refractivity contribution in [1.82, 2.24) is 0 Å². The predicted molar refractivity (Wildman–Crippen MR) is 45.8 cm³/mol. The molecule has 0 spiro atoms. The molecule has 0 aromatic rings. The van der Waals surface area contributed by atoms with Gasteiger partial charge in [0.05, 0.1) is 17.6 Å². The maximum absolute atomic E-state index is 11.8. The van der Waals surface area contributed by atoms with Gasteiger partial charge in [-0.1, -0.05) is 32.9 Å². The zero-order chi connectivity index (χ0) is 8.93. The molecule has 2 heteroatoms. The van der Waals surface area contributed by atoms with Crippen LogP contribution in [0.15, 0.2) is 12.2 Å². The zero-order valence-corrected chi connectivity index (χ0v) is 7.70. The Hall–Kier alpha value is -0.630. The molecule has 1 saturated heterocycles. The van der Waals surface area contributed by atoms with Gasteiger partial charge in [-0.3, -0.25) is 4.79 Å². The van der Waals surface area contributed by atoms with Gasteiger partial charge in [-0.05, 0) is 0 Å². The molecule has 2 nitrogen and oxygen atoms in total. The van der Waals surface area contributed by atoms with Crippen LogP contribution in [0.3, 0.4) is 0 Å². The van der Waals surface area contributed by atoms with E-state index in [9.17, 15) is 4.79 Å². The molecular formula is C10H14O2. The average Bonchev–Trinajstić information content (AvgIpc) is 2.46. The van der Waals surface area contributed by atoms with E-state index in [-0.39, 0.29) is 23.5 Å². The molecule has 0 unspecified atom stereocenters. The maximum atomic E-state index is 11.8. The van der Waals surface area contributed by atoms with Crippen LogP contribution in [0.1, 0.15) is 20.8 Å². The lowest BCUT2D eigenvalue weighted by atomic mass is 9.75. The van der Waals surface area contributed by atoms with Crippen molar-refractivity contribution in [2.45, 2.75) is 33.0 Å². The van der Waals surface area contributed by atoms with Crippen molar-refractivity contribution < 1.29 is 9.53 Å². The molecule has 2 rings (SSSR count). The molecule has 0 radical (unpaired) electrons. The van der Waals surface area contributed by atoms with E-state index in [1.807, 2.05) is 32.9 Å². The van der Waals surface area contributed by atoms with Gasteiger partial charge in [0.25, 0.3) is 0 Å². The Balaban J connectivity index is 2.38. The van der Waals surface area contributed by atoms with Gasteiger partial charge < -0.3 is 4.74 Å². The topological polar surface area (TPSA) is 26.3 Å². The summed E-state index contributed by atoms with van der Waals surface area (Å²) in [5.41, 5.74) is -0.330. The lowest BCUT2D eigenvalue weighted by Crippen LogP contribution is -2.48. The Kier molecular flexibility index (Phi) is 1.46. The number of carbonyl (C=O) groups excluding carboxylic acids is 1. The summed E-state index contributed by atoms with van der Waals surface area (Å²) in [6.07, 6.45) is 4.08. The molecule has 66 valence electrons. The average molecular weight is 166 g/mol. The monoisotopic (exact) mass is 166 g/mol. The smallest absolute Gasteiger partial charge is 0.147 e. The van der Waals surface area contributed by atoms with Gasteiger partial charge in [0.2, 0.25) is 0 Å². The summed E-state index contributed by atoms with van der Waals surface area (Å²) in [5, 5.41) is 0. The highest BCUT2D eigenvalue weighted by Gasteiger charge is 2.49. The van der Waals surface area contributed by atoms with E-state index in [1.54, 1.807) is 0 Å². The quantitative estimate of drug-likeness (QED) is 0.510. The van der Waals surface area contributed by atoms with E-state index < -0.39 is 0 Å². The number of rotatable bonds is 0. The third-order valence-corrected chi connectivity index (χ3v) is 3.03. The molecule has 2 heterocycles. The molecule has 0 aromatic heterocycles. The van der Waals surface area contributed by atoms with Crippen LogP contribution in [0.25, 0.3) is 0 Å². The van der Waals surface area contributed by atoms with Crippen LogP contribution >= 0.6 is 0 Å². The van der Waals surface area contributed by atoms with Crippen LogP contribution in [0.5, 0.6) is 0 Å². The number of carbonyl (C=O) groups is 1. The molecular weight excluding hydrogens is 152 g/mol. The third kappa shape index (κ3) is 0.816. The second-order valence-corrected chi connectivity index (χ2v) is 4.28. The standard InChI is InChI=1S/C10H14O2/c1-6-7-4-5-8(12-7)10(2,3)9(6)11/h4-8H,1-3H3/t6-,7-,8+/m0/s1. The molecule has 2 aliphatic rings. The van der Waals surface area contributed by atoms with Gasteiger partial charge in [-0.15, -0.1) is 0 Å². The zero-order valence-electron chi connectivity index (χ0n) is 7.70. The Morgan fingerprint density at radius 2 is 2.08 bits per heavy atom. The summed E-state index contributed by atoms with van der Waals surface area (Å²) in [4.78, 5) is 11.8. The number of Topliss-reactive ketones (excluding diaryl/α,β-unsaturated/α-hetero) is 1. The van der Waals surface area contributed by atoms with Crippen LogP contribution in [0, 0.1) is 11.3 Å². The van der Waals surface area contributed by atoms with E-state index >= 15 is 0 Å². The van der Waals surface area contributed by atoms with Crippen molar-refractivity contribution in [1.29, 1.82) is 0 Å². The van der Waals surface area contributed by atoms with Gasteiger partial charge in [-0.25, -0.2) is 0 Å². The van der Waals surface area contributed by atoms with Crippen molar-refractivity contribution >= 4 is 5.78 Å². The summed E-state index contributed by atoms with van der Waals surface area (Å²) < 4.78 is 5.66. The van der Waals surface area contributed by atoms with Gasteiger partial charge in [0.1, 0.15) is 5.78 Å². The maximum Gasteiger partial charge on any atom is 0.147 e. The summed E-state index contributed by atoms with van der Waals surface area (Å²) >= 11 is 0. The van der Waals surface area contributed by atoms with Crippen LogP contribution in [-0.4, -0.2) is 18.0 Å².